The van der Waals surface area contributed by atoms with Gasteiger partial charge in [0.25, 0.3) is 0 Å². The lowest BCUT2D eigenvalue weighted by Gasteiger charge is -2.27. The van der Waals surface area contributed by atoms with Gasteiger partial charge in [-0.1, -0.05) is 19.9 Å². The van der Waals surface area contributed by atoms with E-state index in [0.717, 1.165) is 25.1 Å². The van der Waals surface area contributed by atoms with Gasteiger partial charge in [0.1, 0.15) is 0 Å². The molecule has 0 spiro atoms. The average Bonchev–Trinajstić information content (AvgIpc) is 2.65. The molecule has 1 aliphatic heterocycles. The van der Waals surface area contributed by atoms with Crippen molar-refractivity contribution in [2.75, 3.05) is 33.9 Å². The summed E-state index contributed by atoms with van der Waals surface area (Å²) in [6, 6.07) is 5.93. The van der Waals surface area contributed by atoms with Crippen molar-refractivity contribution in [3.8, 4) is 11.5 Å². The zero-order chi connectivity index (χ0) is 18.3. The molecule has 0 radical (unpaired) electrons. The molecule has 1 aromatic carbocycles. The Balaban J connectivity index is 0.00000338. The van der Waals surface area contributed by atoms with E-state index in [1.54, 1.807) is 14.2 Å². The van der Waals surface area contributed by atoms with Crippen molar-refractivity contribution in [2.24, 2.45) is 5.92 Å². The second-order valence-electron chi connectivity index (χ2n) is 7.46. The van der Waals surface area contributed by atoms with Crippen LogP contribution in [0.25, 0.3) is 0 Å². The predicted octanol–water partition coefficient (Wildman–Crippen LogP) is 3.30. The molecule has 1 heterocycles. The minimum absolute atomic E-state index is 0. The first kappa shape index (κ1) is 22.6. The number of carbonyl (C=O) groups is 1. The fraction of sp³-hybridized carbons (Fsp3) is 0.650. The Bertz CT molecular complexity index is 572. The monoisotopic (exact) mass is 384 g/mol. The molecule has 1 fully saturated rings. The molecule has 1 aliphatic rings. The van der Waals surface area contributed by atoms with Gasteiger partial charge in [-0.15, -0.1) is 12.4 Å². The quantitative estimate of drug-likeness (QED) is 0.722. The van der Waals surface area contributed by atoms with E-state index in [-0.39, 0.29) is 23.7 Å². The maximum atomic E-state index is 12.2. The van der Waals surface area contributed by atoms with E-state index in [1.807, 2.05) is 18.2 Å². The summed E-state index contributed by atoms with van der Waals surface area (Å²) in [5.74, 6) is 2.26. The summed E-state index contributed by atoms with van der Waals surface area (Å²) in [6.45, 7) is 7.02. The van der Waals surface area contributed by atoms with Crippen LogP contribution in [0, 0.1) is 5.92 Å². The van der Waals surface area contributed by atoms with Crippen LogP contribution < -0.4 is 20.1 Å². The van der Waals surface area contributed by atoms with Crippen LogP contribution in [0.2, 0.25) is 0 Å². The first-order valence-electron chi connectivity index (χ1n) is 9.16. The normalized spacial score (nSPS) is 15.1. The number of hydrogen-bond donors (Lipinski definition) is 2. The van der Waals surface area contributed by atoms with E-state index in [2.05, 4.69) is 24.5 Å². The van der Waals surface area contributed by atoms with Crippen LogP contribution in [0.5, 0.6) is 11.5 Å². The molecule has 5 nitrogen and oxygen atoms in total. The highest BCUT2D eigenvalue weighted by molar-refractivity contribution is 5.85. The number of rotatable bonds is 8. The first-order valence-corrected chi connectivity index (χ1v) is 9.16. The van der Waals surface area contributed by atoms with E-state index in [0.29, 0.717) is 30.4 Å². The van der Waals surface area contributed by atoms with Crippen molar-refractivity contribution in [1.29, 1.82) is 0 Å². The lowest BCUT2D eigenvalue weighted by atomic mass is 9.84. The van der Waals surface area contributed by atoms with Gasteiger partial charge >= 0.3 is 0 Å². The van der Waals surface area contributed by atoms with E-state index in [4.69, 9.17) is 9.47 Å². The minimum atomic E-state index is -0.177. The zero-order valence-corrected chi connectivity index (χ0v) is 17.2. The molecular formula is C20H33ClN2O3. The highest BCUT2D eigenvalue weighted by Crippen LogP contribution is 2.32. The molecule has 0 aliphatic carbocycles. The van der Waals surface area contributed by atoms with Crippen LogP contribution in [0.15, 0.2) is 18.2 Å². The fourth-order valence-electron chi connectivity index (χ4n) is 3.27. The Labute approximate surface area is 163 Å². The molecule has 26 heavy (non-hydrogen) atoms. The third kappa shape index (κ3) is 6.36. The van der Waals surface area contributed by atoms with Crippen LogP contribution in [0.4, 0.5) is 0 Å². The molecule has 1 aromatic rings. The molecule has 0 aromatic heterocycles. The second kappa shape index (κ2) is 10.6. The van der Waals surface area contributed by atoms with Gasteiger partial charge in [0.05, 0.1) is 14.2 Å². The topological polar surface area (TPSA) is 59.6 Å². The number of methoxy groups -OCH3 is 2. The molecule has 0 saturated carbocycles. The lowest BCUT2D eigenvalue weighted by Crippen LogP contribution is -2.37. The number of nitrogens with one attached hydrogen (secondary N) is 2. The van der Waals surface area contributed by atoms with Gasteiger partial charge in [-0.3, -0.25) is 4.79 Å². The van der Waals surface area contributed by atoms with Crippen LogP contribution in [-0.2, 0) is 10.2 Å². The van der Waals surface area contributed by atoms with E-state index in [9.17, 15) is 4.79 Å². The maximum Gasteiger partial charge on any atom is 0.220 e. The van der Waals surface area contributed by atoms with Crippen LogP contribution in [0.1, 0.15) is 45.1 Å². The Morgan fingerprint density at radius 3 is 2.46 bits per heavy atom. The van der Waals surface area contributed by atoms with Gasteiger partial charge in [0.2, 0.25) is 5.91 Å². The maximum absolute atomic E-state index is 12.2. The zero-order valence-electron chi connectivity index (χ0n) is 16.4. The second-order valence-corrected chi connectivity index (χ2v) is 7.46. The molecule has 148 valence electrons. The molecule has 1 amide bonds. The summed E-state index contributed by atoms with van der Waals surface area (Å²) in [6.07, 6.45) is 3.98. The van der Waals surface area contributed by atoms with Crippen molar-refractivity contribution in [1.82, 2.24) is 10.6 Å². The summed E-state index contributed by atoms with van der Waals surface area (Å²) in [5, 5.41) is 6.46. The van der Waals surface area contributed by atoms with Gasteiger partial charge in [-0.25, -0.2) is 0 Å². The van der Waals surface area contributed by atoms with Crippen LogP contribution >= 0.6 is 12.4 Å². The number of hydrogen-bond acceptors (Lipinski definition) is 4. The summed E-state index contributed by atoms with van der Waals surface area (Å²) in [4.78, 5) is 12.2. The smallest absolute Gasteiger partial charge is 0.220 e. The van der Waals surface area contributed by atoms with Crippen molar-refractivity contribution in [3.05, 3.63) is 23.8 Å². The van der Waals surface area contributed by atoms with Gasteiger partial charge < -0.3 is 20.1 Å². The van der Waals surface area contributed by atoms with Gasteiger partial charge in [-0.05, 0) is 56.0 Å². The number of benzene rings is 1. The Morgan fingerprint density at radius 2 is 1.85 bits per heavy atom. The van der Waals surface area contributed by atoms with Crippen molar-refractivity contribution < 1.29 is 14.3 Å². The third-order valence-electron chi connectivity index (χ3n) is 5.13. The Hall–Kier alpha value is -1.46. The minimum Gasteiger partial charge on any atom is -0.493 e. The molecular weight excluding hydrogens is 352 g/mol. The van der Waals surface area contributed by atoms with E-state index in [1.165, 1.54) is 12.8 Å². The summed E-state index contributed by atoms with van der Waals surface area (Å²) in [7, 11) is 3.27. The lowest BCUT2D eigenvalue weighted by molar-refractivity contribution is -0.121. The van der Waals surface area contributed by atoms with E-state index < -0.39 is 0 Å². The highest BCUT2D eigenvalue weighted by Gasteiger charge is 2.23. The molecule has 0 unspecified atom stereocenters. The summed E-state index contributed by atoms with van der Waals surface area (Å²) in [5.41, 5.74) is 0.938. The number of ether oxygens (including phenoxy) is 2. The molecule has 0 atom stereocenters. The summed E-state index contributed by atoms with van der Waals surface area (Å²) >= 11 is 0. The first-order chi connectivity index (χ1) is 12.0. The average molecular weight is 385 g/mol. The summed E-state index contributed by atoms with van der Waals surface area (Å²) < 4.78 is 10.7. The predicted molar refractivity (Wildman–Crippen MR) is 108 cm³/mol. The Morgan fingerprint density at radius 1 is 1.19 bits per heavy atom. The number of amides is 1. The largest absolute Gasteiger partial charge is 0.493 e. The van der Waals surface area contributed by atoms with Gasteiger partial charge in [0.15, 0.2) is 11.5 Å². The highest BCUT2D eigenvalue weighted by atomic mass is 35.5. The number of piperidine rings is 1. The SMILES string of the molecule is COc1ccc(C(C)(C)CNC(=O)CCC2CCNCC2)cc1OC.Cl. The van der Waals surface area contributed by atoms with E-state index >= 15 is 0 Å². The standard InChI is InChI=1S/C20H32N2O3.ClH/c1-20(2,16-6-7-17(24-3)18(13-16)25-4)14-22-19(23)8-5-15-9-11-21-12-10-15;/h6-7,13,15,21H,5,8-12,14H2,1-4H3,(H,22,23);1H. The Kier molecular flexibility index (Phi) is 9.23. The third-order valence-corrected chi connectivity index (χ3v) is 5.13. The molecule has 6 heteroatoms. The van der Waals surface area contributed by atoms with Crippen LogP contribution in [0.3, 0.4) is 0 Å². The molecule has 2 N–H and O–H groups in total. The fourth-order valence-corrected chi connectivity index (χ4v) is 3.27. The van der Waals surface area contributed by atoms with Gasteiger partial charge in [0, 0.05) is 18.4 Å². The van der Waals surface area contributed by atoms with Crippen molar-refractivity contribution in [2.45, 2.75) is 44.9 Å². The number of carbonyl (C=O) groups excluding carboxylic acids is 1. The van der Waals surface area contributed by atoms with Crippen molar-refractivity contribution in [3.63, 3.8) is 0 Å². The number of halogens is 1. The molecule has 2 rings (SSSR count). The van der Waals surface area contributed by atoms with Gasteiger partial charge in [-0.2, -0.15) is 0 Å². The van der Waals surface area contributed by atoms with Crippen LogP contribution in [-0.4, -0.2) is 39.8 Å². The molecule has 0 bridgehead atoms. The molecule has 1 saturated heterocycles. The van der Waals surface area contributed by atoms with Crippen molar-refractivity contribution >= 4 is 18.3 Å².